The van der Waals surface area contributed by atoms with E-state index in [0.717, 1.165) is 18.8 Å². The highest BCUT2D eigenvalue weighted by atomic mass is 16.5. The normalized spacial score (nSPS) is 19.0. The fourth-order valence-corrected chi connectivity index (χ4v) is 2.66. The van der Waals surface area contributed by atoms with E-state index in [1.54, 1.807) is 7.11 Å². The Morgan fingerprint density at radius 3 is 2.83 bits per heavy atom. The van der Waals surface area contributed by atoms with Crippen LogP contribution in [0.5, 0.6) is 0 Å². The van der Waals surface area contributed by atoms with Crippen LogP contribution in [-0.4, -0.2) is 30.8 Å². The number of ether oxygens (including phenoxy) is 1. The predicted octanol–water partition coefficient (Wildman–Crippen LogP) is 2.10. The van der Waals surface area contributed by atoms with Crippen LogP contribution < -0.4 is 5.32 Å². The second-order valence-electron chi connectivity index (χ2n) is 4.95. The summed E-state index contributed by atoms with van der Waals surface area (Å²) in [5.41, 5.74) is 0. The lowest BCUT2D eigenvalue weighted by molar-refractivity contribution is 0.0273. The van der Waals surface area contributed by atoms with Gasteiger partial charge in [0.15, 0.2) is 0 Å². The topological polar surface area (TPSA) is 60.2 Å². The van der Waals surface area contributed by atoms with E-state index in [1.807, 2.05) is 7.05 Å². The molecule has 0 aliphatic heterocycles. The largest absolute Gasteiger partial charge is 0.373 e. The molecule has 0 saturated heterocycles. The van der Waals surface area contributed by atoms with Gasteiger partial charge in [-0.2, -0.15) is 4.98 Å². The van der Waals surface area contributed by atoms with Gasteiger partial charge in [-0.1, -0.05) is 24.4 Å². The van der Waals surface area contributed by atoms with Gasteiger partial charge >= 0.3 is 0 Å². The first kappa shape index (κ1) is 13.5. The summed E-state index contributed by atoms with van der Waals surface area (Å²) in [5, 5.41) is 7.15. The number of nitrogens with zero attached hydrogens (tertiary/aromatic N) is 2. The van der Waals surface area contributed by atoms with Crippen LogP contribution in [0.1, 0.15) is 49.9 Å². The molecule has 18 heavy (non-hydrogen) atoms. The van der Waals surface area contributed by atoms with Crippen LogP contribution >= 0.6 is 0 Å². The SMILES string of the molecule is CNCCc1nc(C(OC)C2CCCCC2)no1. The van der Waals surface area contributed by atoms with E-state index in [9.17, 15) is 0 Å². The van der Waals surface area contributed by atoms with Crippen molar-refractivity contribution < 1.29 is 9.26 Å². The number of hydrogen-bond donors (Lipinski definition) is 1. The Labute approximate surface area is 108 Å². The second kappa shape index (κ2) is 6.85. The Bertz CT molecular complexity index is 348. The zero-order valence-electron chi connectivity index (χ0n) is 11.3. The summed E-state index contributed by atoms with van der Waals surface area (Å²) in [6, 6.07) is 0. The van der Waals surface area contributed by atoms with Crippen LogP contribution in [0.3, 0.4) is 0 Å². The first-order valence-electron chi connectivity index (χ1n) is 6.85. The first-order chi connectivity index (χ1) is 8.85. The lowest BCUT2D eigenvalue weighted by Gasteiger charge is -2.26. The van der Waals surface area contributed by atoms with Crippen molar-refractivity contribution in [1.29, 1.82) is 0 Å². The van der Waals surface area contributed by atoms with Crippen LogP contribution in [0, 0.1) is 5.92 Å². The van der Waals surface area contributed by atoms with Gasteiger partial charge in [-0.15, -0.1) is 0 Å². The highest BCUT2D eigenvalue weighted by Gasteiger charge is 2.28. The molecule has 1 aliphatic rings. The van der Waals surface area contributed by atoms with Crippen molar-refractivity contribution in [1.82, 2.24) is 15.5 Å². The summed E-state index contributed by atoms with van der Waals surface area (Å²) in [7, 11) is 3.65. The molecular weight excluding hydrogens is 230 g/mol. The fourth-order valence-electron chi connectivity index (χ4n) is 2.66. The molecule has 1 heterocycles. The zero-order valence-corrected chi connectivity index (χ0v) is 11.3. The zero-order chi connectivity index (χ0) is 12.8. The number of rotatable bonds is 6. The maximum atomic E-state index is 5.59. The minimum Gasteiger partial charge on any atom is -0.373 e. The maximum absolute atomic E-state index is 5.59. The molecule has 1 N–H and O–H groups in total. The molecular formula is C13H23N3O2. The Morgan fingerprint density at radius 1 is 1.39 bits per heavy atom. The third kappa shape index (κ3) is 3.29. The quantitative estimate of drug-likeness (QED) is 0.841. The molecule has 5 nitrogen and oxygen atoms in total. The van der Waals surface area contributed by atoms with E-state index in [4.69, 9.17) is 9.26 Å². The van der Waals surface area contributed by atoms with E-state index in [1.165, 1.54) is 32.1 Å². The molecule has 1 fully saturated rings. The second-order valence-corrected chi connectivity index (χ2v) is 4.95. The lowest BCUT2D eigenvalue weighted by Crippen LogP contribution is -2.19. The molecule has 1 aromatic rings. The van der Waals surface area contributed by atoms with Gasteiger partial charge in [0, 0.05) is 20.1 Å². The molecule has 1 unspecified atom stereocenters. The lowest BCUT2D eigenvalue weighted by atomic mass is 9.85. The van der Waals surface area contributed by atoms with Crippen LogP contribution in [-0.2, 0) is 11.2 Å². The third-order valence-corrected chi connectivity index (χ3v) is 3.66. The van der Waals surface area contributed by atoms with Gasteiger partial charge in [-0.25, -0.2) is 0 Å². The minimum absolute atomic E-state index is 0.00242. The van der Waals surface area contributed by atoms with E-state index in [0.29, 0.717) is 11.8 Å². The standard InChI is InChI=1S/C13H23N3O2/c1-14-9-8-11-15-13(16-18-11)12(17-2)10-6-4-3-5-7-10/h10,12,14H,3-9H2,1-2H3. The Hall–Kier alpha value is -0.940. The molecule has 0 aromatic carbocycles. The van der Waals surface area contributed by atoms with Crippen molar-refractivity contribution in [2.24, 2.45) is 5.92 Å². The van der Waals surface area contributed by atoms with Crippen molar-refractivity contribution in [2.75, 3.05) is 20.7 Å². The monoisotopic (exact) mass is 253 g/mol. The smallest absolute Gasteiger partial charge is 0.228 e. The number of likely N-dealkylation sites (N-methyl/N-ethyl adjacent to an activating group) is 1. The summed E-state index contributed by atoms with van der Waals surface area (Å²) < 4.78 is 10.9. The van der Waals surface area contributed by atoms with Gasteiger partial charge in [0.25, 0.3) is 0 Å². The van der Waals surface area contributed by atoms with E-state index < -0.39 is 0 Å². The van der Waals surface area contributed by atoms with Gasteiger partial charge in [0.2, 0.25) is 11.7 Å². The number of hydrogen-bond acceptors (Lipinski definition) is 5. The number of aromatic nitrogens is 2. The molecule has 2 rings (SSSR count). The van der Waals surface area contributed by atoms with E-state index in [2.05, 4.69) is 15.5 Å². The highest BCUT2D eigenvalue weighted by molar-refractivity contribution is 4.95. The third-order valence-electron chi connectivity index (χ3n) is 3.66. The van der Waals surface area contributed by atoms with Crippen molar-refractivity contribution >= 4 is 0 Å². The van der Waals surface area contributed by atoms with Gasteiger partial charge in [-0.05, 0) is 25.8 Å². The number of nitrogens with one attached hydrogen (secondary N) is 1. The molecule has 0 spiro atoms. The summed E-state index contributed by atoms with van der Waals surface area (Å²) in [4.78, 5) is 4.45. The summed E-state index contributed by atoms with van der Waals surface area (Å²) >= 11 is 0. The Morgan fingerprint density at radius 2 is 2.17 bits per heavy atom. The van der Waals surface area contributed by atoms with Gasteiger partial charge < -0.3 is 14.6 Å². The highest BCUT2D eigenvalue weighted by Crippen LogP contribution is 2.35. The van der Waals surface area contributed by atoms with E-state index in [-0.39, 0.29) is 6.10 Å². The van der Waals surface area contributed by atoms with Crippen LogP contribution in [0.2, 0.25) is 0 Å². The number of methoxy groups -OCH3 is 1. The van der Waals surface area contributed by atoms with Crippen molar-refractivity contribution in [3.05, 3.63) is 11.7 Å². The van der Waals surface area contributed by atoms with Crippen molar-refractivity contribution in [2.45, 2.75) is 44.6 Å². The van der Waals surface area contributed by atoms with Crippen LogP contribution in [0.15, 0.2) is 4.52 Å². The summed E-state index contributed by atoms with van der Waals surface area (Å²) in [6.45, 7) is 0.850. The van der Waals surface area contributed by atoms with Crippen molar-refractivity contribution in [3.8, 4) is 0 Å². The van der Waals surface area contributed by atoms with Crippen molar-refractivity contribution in [3.63, 3.8) is 0 Å². The van der Waals surface area contributed by atoms with Gasteiger partial charge in [0.05, 0.1) is 0 Å². The van der Waals surface area contributed by atoms with Crippen LogP contribution in [0.4, 0.5) is 0 Å². The molecule has 1 atom stereocenters. The van der Waals surface area contributed by atoms with E-state index >= 15 is 0 Å². The molecule has 1 aromatic heterocycles. The molecule has 102 valence electrons. The minimum atomic E-state index is -0.00242. The molecule has 1 aliphatic carbocycles. The summed E-state index contributed by atoms with van der Waals surface area (Å²) in [5.74, 6) is 1.95. The van der Waals surface area contributed by atoms with Crippen LogP contribution in [0.25, 0.3) is 0 Å². The molecule has 0 amide bonds. The van der Waals surface area contributed by atoms with Gasteiger partial charge in [0.1, 0.15) is 6.10 Å². The Kier molecular flexibility index (Phi) is 5.13. The molecule has 1 saturated carbocycles. The summed E-state index contributed by atoms with van der Waals surface area (Å²) in [6.07, 6.45) is 7.09. The fraction of sp³-hybridized carbons (Fsp3) is 0.846. The first-order valence-corrected chi connectivity index (χ1v) is 6.85. The molecule has 0 bridgehead atoms. The predicted molar refractivity (Wildman–Crippen MR) is 68.3 cm³/mol. The van der Waals surface area contributed by atoms with Gasteiger partial charge in [-0.3, -0.25) is 0 Å². The average Bonchev–Trinajstić information content (AvgIpc) is 2.87. The average molecular weight is 253 g/mol. The Balaban J connectivity index is 1.99. The molecule has 5 heteroatoms. The maximum Gasteiger partial charge on any atom is 0.228 e. The molecule has 0 radical (unpaired) electrons.